The topological polar surface area (TPSA) is 24.5 Å². The van der Waals surface area contributed by atoms with Gasteiger partial charge in [0, 0.05) is 25.3 Å². The first-order valence-corrected chi connectivity index (χ1v) is 7.57. The van der Waals surface area contributed by atoms with Crippen molar-refractivity contribution in [1.82, 2.24) is 10.2 Å². The van der Waals surface area contributed by atoms with Crippen LogP contribution < -0.4 is 5.32 Å². The Kier molecular flexibility index (Phi) is 9.70. The molecule has 0 radical (unpaired) electrons. The Balaban J connectivity index is 4.76. The normalized spacial score (nSPS) is 16.8. The van der Waals surface area contributed by atoms with Gasteiger partial charge in [-0.2, -0.15) is 0 Å². The van der Waals surface area contributed by atoms with Gasteiger partial charge in [-0.25, -0.2) is 0 Å². The Hall–Kier alpha value is -0.120. The van der Waals surface area contributed by atoms with E-state index in [1.807, 2.05) is 0 Å². The fourth-order valence-corrected chi connectivity index (χ4v) is 2.95. The number of hydrogen-bond acceptors (Lipinski definition) is 3. The zero-order chi connectivity index (χ0) is 14.0. The second-order valence-electron chi connectivity index (χ2n) is 5.13. The number of nitrogens with one attached hydrogen (secondary N) is 1. The lowest BCUT2D eigenvalue weighted by Gasteiger charge is -2.46. The van der Waals surface area contributed by atoms with Crippen molar-refractivity contribution in [2.45, 2.75) is 65.5 Å². The molecule has 3 heteroatoms. The zero-order valence-corrected chi connectivity index (χ0v) is 13.4. The Labute approximate surface area is 114 Å². The van der Waals surface area contributed by atoms with Gasteiger partial charge in [-0.15, -0.1) is 0 Å². The summed E-state index contributed by atoms with van der Waals surface area (Å²) < 4.78 is 5.19. The minimum absolute atomic E-state index is 0.243. The average Bonchev–Trinajstić information content (AvgIpc) is 2.39. The first-order chi connectivity index (χ1) is 8.60. The van der Waals surface area contributed by atoms with Crippen LogP contribution in [0.4, 0.5) is 0 Å². The van der Waals surface area contributed by atoms with Gasteiger partial charge in [-0.05, 0) is 45.8 Å². The number of likely N-dealkylation sites (N-methyl/N-ethyl adjacent to an activating group) is 2. The molecule has 0 aromatic rings. The average molecular weight is 258 g/mol. The lowest BCUT2D eigenvalue weighted by atomic mass is 9.84. The van der Waals surface area contributed by atoms with Crippen LogP contribution in [0.5, 0.6) is 0 Å². The van der Waals surface area contributed by atoms with E-state index in [0.29, 0.717) is 6.04 Å². The van der Waals surface area contributed by atoms with Crippen LogP contribution in [0.15, 0.2) is 0 Å². The van der Waals surface area contributed by atoms with Crippen molar-refractivity contribution in [3.63, 3.8) is 0 Å². The summed E-state index contributed by atoms with van der Waals surface area (Å²) in [4.78, 5) is 2.59. The predicted octanol–water partition coefficient (Wildman–Crippen LogP) is 2.90. The van der Waals surface area contributed by atoms with Crippen molar-refractivity contribution in [2.24, 2.45) is 0 Å². The summed E-state index contributed by atoms with van der Waals surface area (Å²) in [6.07, 6.45) is 3.49. The number of hydrogen-bond donors (Lipinski definition) is 1. The van der Waals surface area contributed by atoms with Crippen molar-refractivity contribution in [2.75, 3.05) is 33.4 Å². The van der Waals surface area contributed by atoms with E-state index in [1.165, 1.54) is 12.8 Å². The molecule has 0 aliphatic carbocycles. The van der Waals surface area contributed by atoms with Crippen LogP contribution in [-0.2, 0) is 4.74 Å². The van der Waals surface area contributed by atoms with Crippen molar-refractivity contribution < 1.29 is 4.74 Å². The Bertz CT molecular complexity index is 195. The van der Waals surface area contributed by atoms with Gasteiger partial charge in [0.2, 0.25) is 0 Å². The highest BCUT2D eigenvalue weighted by Crippen LogP contribution is 2.26. The fraction of sp³-hybridized carbons (Fsp3) is 1.00. The summed E-state index contributed by atoms with van der Waals surface area (Å²) in [6, 6.07) is 0.544. The molecule has 3 nitrogen and oxygen atoms in total. The van der Waals surface area contributed by atoms with Gasteiger partial charge in [0.25, 0.3) is 0 Å². The molecular weight excluding hydrogens is 224 g/mol. The van der Waals surface area contributed by atoms with Crippen molar-refractivity contribution in [3.05, 3.63) is 0 Å². The summed E-state index contributed by atoms with van der Waals surface area (Å²) in [7, 11) is 1.78. The highest BCUT2D eigenvalue weighted by molar-refractivity contribution is 4.95. The first kappa shape index (κ1) is 17.9. The lowest BCUT2D eigenvalue weighted by Crippen LogP contribution is -2.59. The number of rotatable bonds is 11. The molecule has 2 atom stereocenters. The molecule has 0 rings (SSSR count). The van der Waals surface area contributed by atoms with Crippen molar-refractivity contribution >= 4 is 0 Å². The predicted molar refractivity (Wildman–Crippen MR) is 80.2 cm³/mol. The molecule has 0 bridgehead atoms. The monoisotopic (exact) mass is 258 g/mol. The van der Waals surface area contributed by atoms with Crippen LogP contribution in [-0.4, -0.2) is 49.8 Å². The number of methoxy groups -OCH3 is 1. The summed E-state index contributed by atoms with van der Waals surface area (Å²) in [6.45, 7) is 15.6. The summed E-state index contributed by atoms with van der Waals surface area (Å²) in [5.41, 5.74) is 0.243. The van der Waals surface area contributed by atoms with Crippen LogP contribution in [0, 0.1) is 0 Å². The van der Waals surface area contributed by atoms with Gasteiger partial charge in [0.05, 0.1) is 0 Å². The maximum absolute atomic E-state index is 5.19. The van der Waals surface area contributed by atoms with Crippen molar-refractivity contribution in [1.29, 1.82) is 0 Å². The fourth-order valence-electron chi connectivity index (χ4n) is 2.95. The Morgan fingerprint density at radius 3 is 2.17 bits per heavy atom. The van der Waals surface area contributed by atoms with Gasteiger partial charge in [0.1, 0.15) is 0 Å². The molecule has 0 heterocycles. The molecule has 2 unspecified atom stereocenters. The van der Waals surface area contributed by atoms with Crippen molar-refractivity contribution in [3.8, 4) is 0 Å². The first-order valence-electron chi connectivity index (χ1n) is 7.57. The third-order valence-corrected chi connectivity index (χ3v) is 4.24. The summed E-state index contributed by atoms with van der Waals surface area (Å²) in [5.74, 6) is 0. The smallest absolute Gasteiger partial charge is 0.0462 e. The second kappa shape index (κ2) is 9.76. The van der Waals surface area contributed by atoms with Gasteiger partial charge in [-0.1, -0.05) is 27.7 Å². The van der Waals surface area contributed by atoms with Gasteiger partial charge in [0.15, 0.2) is 0 Å². The highest BCUT2D eigenvalue weighted by Gasteiger charge is 2.35. The molecule has 0 aromatic carbocycles. The molecule has 0 aromatic heterocycles. The molecule has 0 aliphatic rings. The van der Waals surface area contributed by atoms with E-state index in [2.05, 4.69) is 44.8 Å². The Morgan fingerprint density at radius 2 is 1.78 bits per heavy atom. The molecule has 110 valence electrons. The number of ether oxygens (including phenoxy) is 1. The summed E-state index contributed by atoms with van der Waals surface area (Å²) in [5, 5.41) is 3.68. The van der Waals surface area contributed by atoms with E-state index in [9.17, 15) is 0 Å². The van der Waals surface area contributed by atoms with E-state index >= 15 is 0 Å². The SMILES string of the molecule is CCNC(CCCOC)C(C)(CC)N(CC)CC. The second-order valence-corrected chi connectivity index (χ2v) is 5.13. The van der Waals surface area contributed by atoms with E-state index in [4.69, 9.17) is 4.74 Å². The van der Waals surface area contributed by atoms with Gasteiger partial charge < -0.3 is 10.1 Å². The molecule has 0 amide bonds. The Morgan fingerprint density at radius 1 is 1.17 bits per heavy atom. The molecular formula is C15H34N2O. The van der Waals surface area contributed by atoms with Crippen LogP contribution in [0.3, 0.4) is 0 Å². The lowest BCUT2D eigenvalue weighted by molar-refractivity contribution is 0.0627. The van der Waals surface area contributed by atoms with E-state index < -0.39 is 0 Å². The zero-order valence-electron chi connectivity index (χ0n) is 13.4. The minimum Gasteiger partial charge on any atom is -0.385 e. The van der Waals surface area contributed by atoms with E-state index in [-0.39, 0.29) is 5.54 Å². The maximum atomic E-state index is 5.19. The number of nitrogens with zero attached hydrogens (tertiary/aromatic N) is 1. The summed E-state index contributed by atoms with van der Waals surface area (Å²) >= 11 is 0. The molecule has 0 fully saturated rings. The maximum Gasteiger partial charge on any atom is 0.0462 e. The third-order valence-electron chi connectivity index (χ3n) is 4.24. The highest BCUT2D eigenvalue weighted by atomic mass is 16.5. The van der Waals surface area contributed by atoms with Crippen LogP contribution in [0.1, 0.15) is 53.9 Å². The molecule has 0 saturated carbocycles. The molecule has 1 N–H and O–H groups in total. The molecule has 18 heavy (non-hydrogen) atoms. The van der Waals surface area contributed by atoms with Crippen LogP contribution in [0.2, 0.25) is 0 Å². The van der Waals surface area contributed by atoms with Crippen LogP contribution in [0.25, 0.3) is 0 Å². The third kappa shape index (κ3) is 4.87. The van der Waals surface area contributed by atoms with Gasteiger partial charge >= 0.3 is 0 Å². The minimum atomic E-state index is 0.243. The standard InChI is InChI=1S/C15H34N2O/c1-7-15(5,17(9-3)10-4)14(16-8-2)12-11-13-18-6/h14,16H,7-13H2,1-6H3. The van der Waals surface area contributed by atoms with E-state index in [1.54, 1.807) is 7.11 Å². The van der Waals surface area contributed by atoms with Crippen LogP contribution >= 0.6 is 0 Å². The quantitative estimate of drug-likeness (QED) is 0.577. The molecule has 0 spiro atoms. The van der Waals surface area contributed by atoms with E-state index in [0.717, 1.165) is 32.7 Å². The molecule has 0 aliphatic heterocycles. The molecule has 0 saturated heterocycles. The largest absolute Gasteiger partial charge is 0.385 e. The van der Waals surface area contributed by atoms with Gasteiger partial charge in [-0.3, -0.25) is 4.90 Å².